The van der Waals surface area contributed by atoms with Gasteiger partial charge < -0.3 is 49.8 Å². The SMILES string of the molecule is CN[Si](NC)(NC)N1[Si](NC)(NC)N([Si](NC)(NC)NC)[Si]1(NC)NC. The third-order valence-electron chi connectivity index (χ3n) is 5.53. The quantitative estimate of drug-likeness (QED) is 0.133. The van der Waals surface area contributed by atoms with Gasteiger partial charge in [0.25, 0.3) is 0 Å². The monoisotopic (exact) mass is 440 g/mol. The van der Waals surface area contributed by atoms with E-state index in [2.05, 4.69) is 57.6 Å². The van der Waals surface area contributed by atoms with Crippen molar-refractivity contribution in [3.63, 3.8) is 0 Å². The van der Waals surface area contributed by atoms with Gasteiger partial charge in [-0.15, -0.1) is 0 Å². The maximum atomic E-state index is 3.67. The highest BCUT2D eigenvalue weighted by molar-refractivity contribution is 7.17. The van der Waals surface area contributed by atoms with Crippen LogP contribution < -0.4 is 49.8 Å². The molecule has 0 atom stereocenters. The van der Waals surface area contributed by atoms with Gasteiger partial charge in [-0.2, -0.15) is 0 Å². The summed E-state index contributed by atoms with van der Waals surface area (Å²) in [6, 6.07) is 0. The second-order valence-corrected chi connectivity index (χ2v) is 21.8. The fraction of sp³-hybridized carbons (Fsp3) is 1.00. The van der Waals surface area contributed by atoms with Crippen LogP contribution in [0.4, 0.5) is 0 Å². The van der Waals surface area contributed by atoms with Crippen molar-refractivity contribution in [2.45, 2.75) is 0 Å². The average Bonchev–Trinajstić information content (AvgIpc) is 2.70. The van der Waals surface area contributed by atoms with E-state index in [1.807, 2.05) is 70.5 Å². The maximum absolute atomic E-state index is 3.67. The standard InChI is InChI=1S/C10H40N12Si4/c1-11-23(12-2,13-3)21-25(17-7,18-8)22(26(21,19-9)20-10)24(14-4,15-5)16-6/h11-20H,1-10H3. The summed E-state index contributed by atoms with van der Waals surface area (Å²) in [6.45, 7) is 0. The van der Waals surface area contributed by atoms with Gasteiger partial charge in [-0.05, 0) is 70.5 Å². The summed E-state index contributed by atoms with van der Waals surface area (Å²) in [6.07, 6.45) is 0. The van der Waals surface area contributed by atoms with Crippen LogP contribution in [0, 0.1) is 0 Å². The first-order chi connectivity index (χ1) is 12.3. The highest BCUT2D eigenvalue weighted by Crippen LogP contribution is 2.35. The van der Waals surface area contributed by atoms with Crippen LogP contribution in [0.2, 0.25) is 0 Å². The van der Waals surface area contributed by atoms with Crippen LogP contribution in [-0.2, 0) is 0 Å². The van der Waals surface area contributed by atoms with Crippen molar-refractivity contribution in [1.29, 1.82) is 0 Å². The van der Waals surface area contributed by atoms with Gasteiger partial charge in [-0.1, -0.05) is 0 Å². The van der Waals surface area contributed by atoms with Crippen LogP contribution in [0.15, 0.2) is 0 Å². The Hall–Kier alpha value is 0.388. The number of nitrogens with zero attached hydrogens (tertiary/aromatic N) is 2. The molecule has 1 aliphatic rings. The average molecular weight is 441 g/mol. The van der Waals surface area contributed by atoms with Crippen molar-refractivity contribution in [3.05, 3.63) is 0 Å². The molecule has 10 N–H and O–H groups in total. The number of nitrogens with one attached hydrogen (secondary N) is 10. The molecule has 0 unspecified atom stereocenters. The van der Waals surface area contributed by atoms with Gasteiger partial charge in [0.05, 0.1) is 0 Å². The molecule has 0 amide bonds. The van der Waals surface area contributed by atoms with E-state index < -0.39 is 34.9 Å². The Morgan fingerprint density at radius 3 is 0.731 bits per heavy atom. The lowest BCUT2D eigenvalue weighted by Crippen LogP contribution is -3.18. The van der Waals surface area contributed by atoms with Crippen LogP contribution in [0.25, 0.3) is 0 Å². The summed E-state index contributed by atoms with van der Waals surface area (Å²) >= 11 is 0. The molecule has 0 aromatic heterocycles. The molecular weight excluding hydrogens is 401 g/mol. The first-order valence-electron chi connectivity index (χ1n) is 8.84. The van der Waals surface area contributed by atoms with Crippen LogP contribution in [0.3, 0.4) is 0 Å². The Labute approximate surface area is 163 Å². The Bertz CT molecular complexity index is 371. The molecule has 1 heterocycles. The fourth-order valence-corrected chi connectivity index (χ4v) is 34.1. The molecule has 1 saturated heterocycles. The summed E-state index contributed by atoms with van der Waals surface area (Å²) in [5.41, 5.74) is 0. The van der Waals surface area contributed by atoms with Crippen molar-refractivity contribution >= 4 is 34.9 Å². The van der Waals surface area contributed by atoms with Crippen LogP contribution in [0.5, 0.6) is 0 Å². The van der Waals surface area contributed by atoms with E-state index in [0.29, 0.717) is 0 Å². The van der Waals surface area contributed by atoms with E-state index in [-0.39, 0.29) is 0 Å². The van der Waals surface area contributed by atoms with E-state index >= 15 is 0 Å². The van der Waals surface area contributed by atoms with Crippen LogP contribution >= 0.6 is 0 Å². The predicted molar refractivity (Wildman–Crippen MR) is 117 cm³/mol. The largest absolute Gasteiger partial charge is 0.360 e. The predicted octanol–water partition coefficient (Wildman–Crippen LogP) is -5.46. The van der Waals surface area contributed by atoms with Crippen molar-refractivity contribution < 1.29 is 0 Å². The molecular formula is C10H40N12Si4. The first kappa shape index (κ1) is 24.4. The summed E-state index contributed by atoms with van der Waals surface area (Å²) in [7, 11) is 10.5. The summed E-state index contributed by atoms with van der Waals surface area (Å²) < 4.78 is 5.22. The first-order valence-corrected chi connectivity index (χ1v) is 16.5. The Balaban J connectivity index is 3.76. The molecule has 1 rings (SSSR count). The van der Waals surface area contributed by atoms with Crippen molar-refractivity contribution in [3.8, 4) is 0 Å². The van der Waals surface area contributed by atoms with Crippen molar-refractivity contribution in [1.82, 2.24) is 57.6 Å². The zero-order valence-electron chi connectivity index (χ0n) is 17.9. The van der Waals surface area contributed by atoms with Gasteiger partial charge in [0.2, 0.25) is 0 Å². The second kappa shape index (κ2) is 9.26. The third-order valence-corrected chi connectivity index (χ3v) is 28.4. The summed E-state index contributed by atoms with van der Waals surface area (Å²) in [4.78, 5) is 36.1. The minimum absolute atomic E-state index is 2.01. The lowest BCUT2D eigenvalue weighted by atomic mass is 11.6. The molecule has 0 saturated carbocycles. The van der Waals surface area contributed by atoms with E-state index in [4.69, 9.17) is 0 Å². The Morgan fingerprint density at radius 2 is 0.615 bits per heavy atom. The summed E-state index contributed by atoms with van der Waals surface area (Å²) in [5, 5.41) is 0. The molecule has 0 bridgehead atoms. The smallest absolute Gasteiger partial charge is 0.304 e. The Kier molecular flexibility index (Phi) is 8.70. The highest BCUT2D eigenvalue weighted by atomic mass is 28.6. The van der Waals surface area contributed by atoms with Gasteiger partial charge in [0.15, 0.2) is 0 Å². The minimum atomic E-state index is -2.47. The van der Waals surface area contributed by atoms with Crippen molar-refractivity contribution in [2.75, 3.05) is 70.5 Å². The van der Waals surface area contributed by atoms with E-state index in [1.165, 1.54) is 0 Å². The zero-order valence-corrected chi connectivity index (χ0v) is 21.9. The number of hydrogen-bond donors (Lipinski definition) is 10. The lowest BCUT2D eigenvalue weighted by molar-refractivity contribution is 0.446. The highest BCUT2D eigenvalue weighted by Gasteiger charge is 2.82. The normalized spacial score (nSPS) is 21.0. The Morgan fingerprint density at radius 1 is 0.423 bits per heavy atom. The van der Waals surface area contributed by atoms with Gasteiger partial charge in [-0.3, -0.25) is 7.79 Å². The maximum Gasteiger partial charge on any atom is 0.360 e. The molecule has 0 spiro atoms. The van der Waals surface area contributed by atoms with Gasteiger partial charge >= 0.3 is 34.9 Å². The van der Waals surface area contributed by atoms with E-state index in [9.17, 15) is 0 Å². The number of hydrogen-bond acceptors (Lipinski definition) is 12. The molecule has 0 radical (unpaired) electrons. The molecule has 1 fully saturated rings. The second-order valence-electron chi connectivity index (χ2n) is 5.94. The molecule has 0 aromatic carbocycles. The van der Waals surface area contributed by atoms with Gasteiger partial charge in [0, 0.05) is 0 Å². The van der Waals surface area contributed by atoms with Crippen LogP contribution in [0.1, 0.15) is 0 Å². The molecule has 26 heavy (non-hydrogen) atoms. The number of rotatable bonds is 12. The minimum Gasteiger partial charge on any atom is -0.304 e. The fourth-order valence-electron chi connectivity index (χ4n) is 4.16. The topological polar surface area (TPSA) is 127 Å². The molecule has 1 aliphatic heterocycles. The molecule has 0 aliphatic carbocycles. The summed E-state index contributed by atoms with van der Waals surface area (Å²) in [5.74, 6) is 0. The van der Waals surface area contributed by atoms with Gasteiger partial charge in [0.1, 0.15) is 0 Å². The molecule has 16 heteroatoms. The van der Waals surface area contributed by atoms with Crippen LogP contribution in [-0.4, -0.2) is 113 Å². The molecule has 156 valence electrons. The third kappa shape index (κ3) is 3.03. The van der Waals surface area contributed by atoms with Crippen molar-refractivity contribution in [2.24, 2.45) is 0 Å². The molecule has 0 aromatic rings. The molecule has 12 nitrogen and oxygen atoms in total. The van der Waals surface area contributed by atoms with Gasteiger partial charge in [-0.25, -0.2) is 0 Å². The lowest BCUT2D eigenvalue weighted by Gasteiger charge is -2.74. The van der Waals surface area contributed by atoms with E-state index in [1.54, 1.807) is 0 Å². The van der Waals surface area contributed by atoms with E-state index in [0.717, 1.165) is 0 Å². The zero-order chi connectivity index (χ0) is 20.2.